The van der Waals surface area contributed by atoms with E-state index in [9.17, 15) is 4.79 Å². The minimum Gasteiger partial charge on any atom is -0.481 e. The number of rotatable bonds is 28. The highest BCUT2D eigenvalue weighted by Crippen LogP contribution is 2.09. The summed E-state index contributed by atoms with van der Waals surface area (Å²) in [6.07, 6.45) is 21.2. The molecule has 0 rings (SSSR count). The molecule has 0 aromatic heterocycles. The molecule has 8 heteroatoms. The van der Waals surface area contributed by atoms with Gasteiger partial charge in [-0.05, 0) is 32.1 Å². The third-order valence-electron chi connectivity index (χ3n) is 5.73. The van der Waals surface area contributed by atoms with E-state index < -0.39 is 5.97 Å². The molecule has 216 valence electrons. The molecule has 0 heterocycles. The van der Waals surface area contributed by atoms with Gasteiger partial charge in [0.15, 0.2) is 0 Å². The summed E-state index contributed by atoms with van der Waals surface area (Å²) in [6.45, 7) is 11.4. The van der Waals surface area contributed by atoms with Crippen LogP contribution in [0.15, 0.2) is 12.2 Å². The largest absolute Gasteiger partial charge is 0.481 e. The number of nitrogens with one attached hydrogen (secondary N) is 4. The lowest BCUT2D eigenvalue weighted by Crippen LogP contribution is -2.36. The summed E-state index contributed by atoms with van der Waals surface area (Å²) in [5.74, 6) is -0.664. The summed E-state index contributed by atoms with van der Waals surface area (Å²) in [5.41, 5.74) is 10.7. The Morgan fingerprint density at radius 3 is 1.33 bits per heavy atom. The minimum absolute atomic E-state index is 0.332. The predicted molar refractivity (Wildman–Crippen MR) is 157 cm³/mol. The van der Waals surface area contributed by atoms with Gasteiger partial charge in [0.25, 0.3) is 0 Å². The SMILES string of the molecule is CCCCCCCC/C=C\CCCCCCCC(=O)O.NCCNCCNCCNCCNCCN. The molecule has 0 aromatic carbocycles. The second-order valence-corrected chi connectivity index (χ2v) is 9.31. The van der Waals surface area contributed by atoms with Crippen molar-refractivity contribution in [1.82, 2.24) is 21.3 Å². The minimum atomic E-state index is -0.664. The Morgan fingerprint density at radius 1 is 0.583 bits per heavy atom. The summed E-state index contributed by atoms with van der Waals surface area (Å²) >= 11 is 0. The molecule has 0 aliphatic carbocycles. The zero-order valence-corrected chi connectivity index (χ0v) is 23.6. The number of carboxylic acid groups (broad SMARTS) is 1. The van der Waals surface area contributed by atoms with Crippen LogP contribution in [0.3, 0.4) is 0 Å². The van der Waals surface area contributed by atoms with Crippen molar-refractivity contribution in [3.05, 3.63) is 12.2 Å². The summed E-state index contributed by atoms with van der Waals surface area (Å²) in [6, 6.07) is 0. The molecule has 0 fully saturated rings. The molecule has 36 heavy (non-hydrogen) atoms. The summed E-state index contributed by atoms with van der Waals surface area (Å²) in [4.78, 5) is 10.3. The number of hydrogen-bond acceptors (Lipinski definition) is 7. The van der Waals surface area contributed by atoms with Gasteiger partial charge in [-0.1, -0.05) is 70.4 Å². The fourth-order valence-corrected chi connectivity index (χ4v) is 3.58. The summed E-state index contributed by atoms with van der Waals surface area (Å²) in [7, 11) is 0. The van der Waals surface area contributed by atoms with Gasteiger partial charge in [-0.2, -0.15) is 0 Å². The monoisotopic (exact) mass is 514 g/mol. The second kappa shape index (κ2) is 36.1. The van der Waals surface area contributed by atoms with E-state index in [4.69, 9.17) is 16.6 Å². The average Bonchev–Trinajstić information content (AvgIpc) is 2.87. The van der Waals surface area contributed by atoms with E-state index >= 15 is 0 Å². The van der Waals surface area contributed by atoms with Crippen molar-refractivity contribution in [2.75, 3.05) is 65.4 Å². The number of allylic oxidation sites excluding steroid dienone is 2. The van der Waals surface area contributed by atoms with Gasteiger partial charge in [0.1, 0.15) is 0 Å². The molecule has 9 N–H and O–H groups in total. The Bertz CT molecular complexity index is 424. The normalized spacial score (nSPS) is 11.1. The lowest BCUT2D eigenvalue weighted by Gasteiger charge is -2.07. The van der Waals surface area contributed by atoms with E-state index in [1.54, 1.807) is 0 Å². The molecule has 0 aromatic rings. The van der Waals surface area contributed by atoms with Crippen molar-refractivity contribution < 1.29 is 9.90 Å². The maximum absolute atomic E-state index is 10.3. The van der Waals surface area contributed by atoms with Crippen molar-refractivity contribution in [3.63, 3.8) is 0 Å². The highest BCUT2D eigenvalue weighted by atomic mass is 16.4. The Kier molecular flexibility index (Phi) is 37.3. The molecular formula is C28H62N6O2. The van der Waals surface area contributed by atoms with Crippen molar-refractivity contribution >= 4 is 5.97 Å². The molecular weight excluding hydrogens is 452 g/mol. The van der Waals surface area contributed by atoms with Crippen molar-refractivity contribution in [1.29, 1.82) is 0 Å². The molecule has 0 amide bonds. The quantitative estimate of drug-likeness (QED) is 0.0623. The number of aliphatic carboxylic acids is 1. The number of carbonyl (C=O) groups is 1. The van der Waals surface area contributed by atoms with Gasteiger partial charge in [0, 0.05) is 71.9 Å². The Labute approximate surface area is 223 Å². The lowest BCUT2D eigenvalue weighted by molar-refractivity contribution is -0.137. The van der Waals surface area contributed by atoms with Gasteiger partial charge in [-0.25, -0.2) is 0 Å². The van der Waals surface area contributed by atoms with Crippen LogP contribution in [0.1, 0.15) is 96.8 Å². The first-order chi connectivity index (χ1) is 17.7. The molecule has 0 bridgehead atoms. The summed E-state index contributed by atoms with van der Waals surface area (Å²) < 4.78 is 0. The fourth-order valence-electron chi connectivity index (χ4n) is 3.58. The van der Waals surface area contributed by atoms with Crippen molar-refractivity contribution in [2.24, 2.45) is 11.5 Å². The van der Waals surface area contributed by atoms with Crippen LogP contribution >= 0.6 is 0 Å². The summed E-state index contributed by atoms with van der Waals surface area (Å²) in [5, 5.41) is 21.6. The number of carboxylic acids is 1. The van der Waals surface area contributed by atoms with Crippen LogP contribution in [0, 0.1) is 0 Å². The maximum atomic E-state index is 10.3. The van der Waals surface area contributed by atoms with Crippen LogP contribution in [0.25, 0.3) is 0 Å². The standard InChI is InChI=1S/C18H34O2.C10H28N6/c1-2-3-4-5-6-7-8-9-10-11-12-13-14-15-16-17-18(19)20;11-1-3-13-5-7-15-9-10-16-8-6-14-4-2-12/h9-10H,2-8,11-17H2,1H3,(H,19,20);13-16H,1-12H2/b10-9-;. The van der Waals surface area contributed by atoms with E-state index in [1.807, 2.05) is 0 Å². The van der Waals surface area contributed by atoms with E-state index in [2.05, 4.69) is 40.3 Å². The molecule has 0 spiro atoms. The van der Waals surface area contributed by atoms with Crippen LogP contribution in [0.5, 0.6) is 0 Å². The van der Waals surface area contributed by atoms with Crippen molar-refractivity contribution in [3.8, 4) is 0 Å². The molecule has 0 atom stereocenters. The van der Waals surface area contributed by atoms with E-state index in [-0.39, 0.29) is 0 Å². The molecule has 8 nitrogen and oxygen atoms in total. The van der Waals surface area contributed by atoms with Crippen LogP contribution in [-0.2, 0) is 4.79 Å². The van der Waals surface area contributed by atoms with E-state index in [0.717, 1.165) is 65.2 Å². The zero-order valence-electron chi connectivity index (χ0n) is 23.6. The van der Waals surface area contributed by atoms with Crippen LogP contribution in [0.2, 0.25) is 0 Å². The Hall–Kier alpha value is -1.03. The predicted octanol–water partition coefficient (Wildman–Crippen LogP) is 3.37. The van der Waals surface area contributed by atoms with Crippen molar-refractivity contribution in [2.45, 2.75) is 96.8 Å². The Morgan fingerprint density at radius 2 is 0.944 bits per heavy atom. The van der Waals surface area contributed by atoms with Crippen LogP contribution < -0.4 is 32.7 Å². The van der Waals surface area contributed by atoms with Crippen LogP contribution in [0.4, 0.5) is 0 Å². The van der Waals surface area contributed by atoms with Gasteiger partial charge in [-0.15, -0.1) is 0 Å². The van der Waals surface area contributed by atoms with Gasteiger partial charge in [0.05, 0.1) is 0 Å². The van der Waals surface area contributed by atoms with E-state index in [0.29, 0.717) is 19.5 Å². The highest BCUT2D eigenvalue weighted by molar-refractivity contribution is 5.66. The van der Waals surface area contributed by atoms with Crippen LogP contribution in [-0.4, -0.2) is 76.5 Å². The topological polar surface area (TPSA) is 137 Å². The molecule has 0 aliphatic rings. The van der Waals surface area contributed by atoms with Gasteiger partial charge >= 0.3 is 5.97 Å². The van der Waals surface area contributed by atoms with Gasteiger partial charge in [-0.3, -0.25) is 4.79 Å². The van der Waals surface area contributed by atoms with Gasteiger partial charge in [0.2, 0.25) is 0 Å². The number of unbranched alkanes of at least 4 members (excludes halogenated alkanes) is 11. The number of hydrogen-bond donors (Lipinski definition) is 7. The second-order valence-electron chi connectivity index (χ2n) is 9.31. The van der Waals surface area contributed by atoms with Gasteiger partial charge < -0.3 is 37.8 Å². The first kappa shape index (κ1) is 37.1. The smallest absolute Gasteiger partial charge is 0.303 e. The third kappa shape index (κ3) is 40.2. The molecule has 0 unspecified atom stereocenters. The third-order valence-corrected chi connectivity index (χ3v) is 5.73. The van der Waals surface area contributed by atoms with E-state index in [1.165, 1.54) is 70.6 Å². The lowest BCUT2D eigenvalue weighted by atomic mass is 10.1. The Balaban J connectivity index is 0. The average molecular weight is 515 g/mol. The molecule has 0 saturated heterocycles. The molecule has 0 aliphatic heterocycles. The molecule has 0 saturated carbocycles. The fraction of sp³-hybridized carbons (Fsp3) is 0.893. The highest BCUT2D eigenvalue weighted by Gasteiger charge is 1.96. The molecule has 0 radical (unpaired) electrons. The maximum Gasteiger partial charge on any atom is 0.303 e. The zero-order chi connectivity index (χ0) is 26.8. The first-order valence-electron chi connectivity index (χ1n) is 14.8. The number of nitrogens with two attached hydrogens (primary N) is 2. The first-order valence-corrected chi connectivity index (χ1v) is 14.8.